The first-order chi connectivity index (χ1) is 9.23. The molecule has 1 aromatic rings. The van der Waals surface area contributed by atoms with Gasteiger partial charge in [-0.15, -0.1) is 0 Å². The molecule has 1 aromatic carbocycles. The Morgan fingerprint density at radius 3 is 2.65 bits per heavy atom. The van der Waals surface area contributed by atoms with Gasteiger partial charge in [0.1, 0.15) is 6.04 Å². The van der Waals surface area contributed by atoms with Crippen LogP contribution in [0.5, 0.6) is 0 Å². The highest BCUT2D eigenvalue weighted by Crippen LogP contribution is 2.25. The van der Waals surface area contributed by atoms with E-state index in [4.69, 9.17) is 11.6 Å². The zero-order valence-corrected chi connectivity index (χ0v) is 12.5. The van der Waals surface area contributed by atoms with Crippen molar-refractivity contribution in [1.29, 1.82) is 0 Å². The minimum Gasteiger partial charge on any atom is -0.294 e. The van der Waals surface area contributed by atoms with Gasteiger partial charge >= 0.3 is 0 Å². The average Bonchev–Trinajstić information content (AvgIpc) is 2.36. The molecule has 1 aliphatic rings. The number of amides is 2. The van der Waals surface area contributed by atoms with Crippen molar-refractivity contribution in [3.63, 3.8) is 0 Å². The van der Waals surface area contributed by atoms with Crippen molar-refractivity contribution < 1.29 is 18.0 Å². The first-order valence-corrected chi connectivity index (χ1v) is 7.67. The molecule has 6 nitrogen and oxygen atoms in total. The van der Waals surface area contributed by atoms with E-state index in [0.717, 1.165) is 4.31 Å². The number of aryl methyl sites for hydroxylation is 1. The maximum absolute atomic E-state index is 12.6. The van der Waals surface area contributed by atoms with Gasteiger partial charge in [0.15, 0.2) is 0 Å². The van der Waals surface area contributed by atoms with Crippen molar-refractivity contribution in [2.24, 2.45) is 0 Å². The van der Waals surface area contributed by atoms with Crippen LogP contribution in [0, 0.1) is 6.92 Å². The predicted octanol–water partition coefficient (Wildman–Crippen LogP) is 0.684. The molecule has 1 atom stereocenters. The number of benzene rings is 1. The van der Waals surface area contributed by atoms with E-state index in [2.05, 4.69) is 5.32 Å². The van der Waals surface area contributed by atoms with Gasteiger partial charge in [-0.25, -0.2) is 8.42 Å². The van der Waals surface area contributed by atoms with Crippen molar-refractivity contribution in [3.05, 3.63) is 28.8 Å². The smallest absolute Gasteiger partial charge is 0.244 e. The zero-order chi connectivity index (χ0) is 15.1. The van der Waals surface area contributed by atoms with Crippen LogP contribution in [-0.4, -0.2) is 37.1 Å². The molecular formula is C12H13ClN2O4S. The quantitative estimate of drug-likeness (QED) is 0.813. The molecule has 0 saturated carbocycles. The van der Waals surface area contributed by atoms with Crippen molar-refractivity contribution in [1.82, 2.24) is 9.62 Å². The lowest BCUT2D eigenvalue weighted by atomic mass is 10.2. The summed E-state index contributed by atoms with van der Waals surface area (Å²) in [7, 11) is -3.96. The van der Waals surface area contributed by atoms with E-state index < -0.39 is 27.9 Å². The number of halogens is 1. The number of carbonyl (C=O) groups is 2. The average molecular weight is 317 g/mol. The maximum Gasteiger partial charge on any atom is 0.244 e. The van der Waals surface area contributed by atoms with Crippen LogP contribution < -0.4 is 5.32 Å². The van der Waals surface area contributed by atoms with E-state index in [1.807, 2.05) is 0 Å². The van der Waals surface area contributed by atoms with Crippen LogP contribution in [0.4, 0.5) is 0 Å². The van der Waals surface area contributed by atoms with Crippen molar-refractivity contribution in [2.45, 2.75) is 24.8 Å². The highest BCUT2D eigenvalue weighted by Gasteiger charge is 2.39. The summed E-state index contributed by atoms with van der Waals surface area (Å²) in [5.41, 5.74) is 0.500. The third kappa shape index (κ3) is 2.56. The van der Waals surface area contributed by atoms with E-state index in [9.17, 15) is 18.0 Å². The molecule has 0 aromatic heterocycles. The topological polar surface area (TPSA) is 83.6 Å². The van der Waals surface area contributed by atoms with E-state index in [-0.39, 0.29) is 16.5 Å². The molecule has 108 valence electrons. The second-order valence-corrected chi connectivity index (χ2v) is 6.84. The standard InChI is InChI=1S/C12H13ClN2O4S/c1-7-3-4-9(13)5-10(7)20(18,19)15-6-11(16)14-12(17)8(15)2/h3-5,8H,6H2,1-2H3,(H,14,16,17). The highest BCUT2D eigenvalue weighted by atomic mass is 35.5. The largest absolute Gasteiger partial charge is 0.294 e. The normalized spacial score (nSPS) is 20.9. The highest BCUT2D eigenvalue weighted by molar-refractivity contribution is 7.89. The number of carbonyl (C=O) groups excluding carboxylic acids is 2. The van der Waals surface area contributed by atoms with Gasteiger partial charge in [-0.2, -0.15) is 4.31 Å². The van der Waals surface area contributed by atoms with E-state index in [1.165, 1.54) is 13.0 Å². The number of hydrogen-bond donors (Lipinski definition) is 1. The van der Waals surface area contributed by atoms with Crippen LogP contribution in [-0.2, 0) is 19.6 Å². The molecule has 20 heavy (non-hydrogen) atoms. The summed E-state index contributed by atoms with van der Waals surface area (Å²) in [5.74, 6) is -1.28. The van der Waals surface area contributed by atoms with Crippen molar-refractivity contribution >= 4 is 33.4 Å². The summed E-state index contributed by atoms with van der Waals surface area (Å²) < 4.78 is 26.1. The molecule has 0 spiro atoms. The molecule has 1 unspecified atom stereocenters. The van der Waals surface area contributed by atoms with Crippen molar-refractivity contribution in [2.75, 3.05) is 6.54 Å². The van der Waals surface area contributed by atoms with Gasteiger partial charge < -0.3 is 0 Å². The van der Waals surface area contributed by atoms with Crippen LogP contribution >= 0.6 is 11.6 Å². The van der Waals surface area contributed by atoms with Gasteiger partial charge in [-0.3, -0.25) is 14.9 Å². The van der Waals surface area contributed by atoms with E-state index in [1.54, 1.807) is 19.1 Å². The third-order valence-corrected chi connectivity index (χ3v) is 5.40. The lowest BCUT2D eigenvalue weighted by Crippen LogP contribution is -2.58. The molecule has 0 aliphatic carbocycles. The second kappa shape index (κ2) is 5.16. The number of piperazine rings is 1. The number of nitrogens with zero attached hydrogens (tertiary/aromatic N) is 1. The van der Waals surface area contributed by atoms with Crippen LogP contribution in [0.1, 0.15) is 12.5 Å². The second-order valence-electron chi connectivity index (χ2n) is 4.55. The molecule has 0 radical (unpaired) electrons. The lowest BCUT2D eigenvalue weighted by molar-refractivity contribution is -0.136. The minimum absolute atomic E-state index is 0.000602. The lowest BCUT2D eigenvalue weighted by Gasteiger charge is -2.31. The summed E-state index contributed by atoms with van der Waals surface area (Å²) in [6.45, 7) is 2.67. The number of hydrogen-bond acceptors (Lipinski definition) is 4. The fourth-order valence-corrected chi connectivity index (χ4v) is 4.00. The zero-order valence-electron chi connectivity index (χ0n) is 10.9. The van der Waals surface area contributed by atoms with Crippen LogP contribution in [0.3, 0.4) is 0 Å². The summed E-state index contributed by atoms with van der Waals surface area (Å²) in [5, 5.41) is 2.37. The number of nitrogens with one attached hydrogen (secondary N) is 1. The van der Waals surface area contributed by atoms with E-state index >= 15 is 0 Å². The number of imide groups is 1. The monoisotopic (exact) mass is 316 g/mol. The molecule has 1 saturated heterocycles. The van der Waals surface area contributed by atoms with Gasteiger partial charge in [0.25, 0.3) is 0 Å². The predicted molar refractivity (Wildman–Crippen MR) is 72.7 cm³/mol. The number of sulfonamides is 1. The minimum atomic E-state index is -3.96. The summed E-state index contributed by atoms with van der Waals surface area (Å²) in [6, 6.07) is 3.52. The van der Waals surface area contributed by atoms with Gasteiger partial charge in [-0.1, -0.05) is 17.7 Å². The molecule has 2 amide bonds. The first-order valence-electron chi connectivity index (χ1n) is 5.85. The van der Waals surface area contributed by atoms with Gasteiger partial charge in [0.2, 0.25) is 21.8 Å². The Hall–Kier alpha value is -1.44. The molecule has 1 heterocycles. The van der Waals surface area contributed by atoms with Crippen LogP contribution in [0.2, 0.25) is 5.02 Å². The molecule has 2 rings (SSSR count). The Kier molecular flexibility index (Phi) is 3.86. The SMILES string of the molecule is Cc1ccc(Cl)cc1S(=O)(=O)N1CC(=O)NC(=O)C1C. The Labute approximate surface area is 121 Å². The third-order valence-electron chi connectivity index (χ3n) is 3.11. The van der Waals surface area contributed by atoms with Crippen molar-refractivity contribution in [3.8, 4) is 0 Å². The summed E-state index contributed by atoms with van der Waals surface area (Å²) in [6.07, 6.45) is 0. The molecule has 0 bridgehead atoms. The summed E-state index contributed by atoms with van der Waals surface area (Å²) in [4.78, 5) is 23.0. The fraction of sp³-hybridized carbons (Fsp3) is 0.333. The van der Waals surface area contributed by atoms with Gasteiger partial charge in [0.05, 0.1) is 11.4 Å². The fourth-order valence-electron chi connectivity index (χ4n) is 1.96. The molecule has 8 heteroatoms. The van der Waals surface area contributed by atoms with E-state index in [0.29, 0.717) is 5.56 Å². The Balaban J connectivity index is 2.51. The number of rotatable bonds is 2. The Morgan fingerprint density at radius 1 is 1.35 bits per heavy atom. The Morgan fingerprint density at radius 2 is 2.00 bits per heavy atom. The maximum atomic E-state index is 12.6. The first kappa shape index (κ1) is 15.0. The molecular weight excluding hydrogens is 304 g/mol. The van der Waals surface area contributed by atoms with Crippen LogP contribution in [0.25, 0.3) is 0 Å². The van der Waals surface area contributed by atoms with Crippen LogP contribution in [0.15, 0.2) is 23.1 Å². The van der Waals surface area contributed by atoms with Gasteiger partial charge in [0, 0.05) is 5.02 Å². The molecule has 1 aliphatic heterocycles. The van der Waals surface area contributed by atoms with Gasteiger partial charge in [-0.05, 0) is 31.5 Å². The Bertz CT molecular complexity index is 687. The molecule has 1 N–H and O–H groups in total. The molecule has 1 fully saturated rings. The summed E-state index contributed by atoms with van der Waals surface area (Å²) >= 11 is 5.83.